The lowest BCUT2D eigenvalue weighted by Crippen LogP contribution is -2.15. The minimum Gasteiger partial charge on any atom is -0.435 e. The Labute approximate surface area is 266 Å². The summed E-state index contributed by atoms with van der Waals surface area (Å²) < 4.78 is 6.54. The van der Waals surface area contributed by atoms with Crippen molar-refractivity contribution in [3.05, 3.63) is 145 Å². The maximum Gasteiger partial charge on any atom is 0.227 e. The lowest BCUT2D eigenvalue weighted by molar-refractivity contribution is 0.623. The molecule has 0 bridgehead atoms. The highest BCUT2D eigenvalue weighted by Crippen LogP contribution is 2.53. The van der Waals surface area contributed by atoms with Crippen LogP contribution in [0.4, 0.5) is 0 Å². The largest absolute Gasteiger partial charge is 0.435 e. The second-order valence-electron chi connectivity index (χ2n) is 12.3. The first kappa shape index (κ1) is 26.5. The number of hydrogen-bond donors (Lipinski definition) is 0. The molecule has 0 saturated carbocycles. The van der Waals surface area contributed by atoms with Crippen molar-refractivity contribution in [2.45, 2.75) is 19.3 Å². The summed E-state index contributed by atoms with van der Waals surface area (Å²) in [6.07, 6.45) is 0. The molecular formula is C41H28N4O. The van der Waals surface area contributed by atoms with Crippen LogP contribution in [0.15, 0.2) is 138 Å². The summed E-state index contributed by atoms with van der Waals surface area (Å²) in [4.78, 5) is 19.8. The van der Waals surface area contributed by atoms with E-state index in [-0.39, 0.29) is 5.41 Å². The van der Waals surface area contributed by atoms with E-state index >= 15 is 0 Å². The van der Waals surface area contributed by atoms with Crippen LogP contribution < -0.4 is 0 Å². The topological polar surface area (TPSA) is 64.7 Å². The summed E-state index contributed by atoms with van der Waals surface area (Å²) in [6.45, 7) is 4.59. The third-order valence-corrected chi connectivity index (χ3v) is 9.15. The zero-order valence-corrected chi connectivity index (χ0v) is 25.4. The number of aromatic nitrogens is 4. The molecular weight excluding hydrogens is 564 g/mol. The maximum atomic E-state index is 6.54. The van der Waals surface area contributed by atoms with Gasteiger partial charge in [-0.05, 0) is 51.9 Å². The van der Waals surface area contributed by atoms with Crippen molar-refractivity contribution in [1.29, 1.82) is 0 Å². The van der Waals surface area contributed by atoms with Gasteiger partial charge in [0.05, 0.1) is 0 Å². The molecule has 8 aromatic rings. The molecule has 46 heavy (non-hydrogen) atoms. The standard InChI is InChI=1S/C41H28N4O/c1-41(2)31-22-19-25-20-23-33-36(46-40(42-33)28-16-10-5-11-17-28)34(25)35(31)30-21-18-29(24-32(30)41)39-44-37(26-12-6-3-7-13-26)43-38(45-39)27-14-8-4-9-15-27/h3-24H,1-2H3. The average molecular weight is 593 g/mol. The quantitative estimate of drug-likeness (QED) is 0.203. The van der Waals surface area contributed by atoms with E-state index in [4.69, 9.17) is 24.4 Å². The fourth-order valence-electron chi connectivity index (χ4n) is 6.80. The summed E-state index contributed by atoms with van der Waals surface area (Å²) in [5.41, 5.74) is 10.1. The number of fused-ring (bicyclic) bond motifs is 7. The number of benzene rings is 6. The molecule has 9 rings (SSSR count). The zero-order valence-electron chi connectivity index (χ0n) is 25.4. The first-order valence-corrected chi connectivity index (χ1v) is 15.5. The summed E-state index contributed by atoms with van der Waals surface area (Å²) in [6, 6.07) is 45.6. The van der Waals surface area contributed by atoms with Gasteiger partial charge in [-0.25, -0.2) is 19.9 Å². The highest BCUT2D eigenvalue weighted by atomic mass is 16.3. The minimum absolute atomic E-state index is 0.253. The minimum atomic E-state index is -0.253. The Balaban J connectivity index is 1.24. The number of hydrogen-bond acceptors (Lipinski definition) is 5. The van der Waals surface area contributed by atoms with Gasteiger partial charge in [-0.15, -0.1) is 0 Å². The van der Waals surface area contributed by atoms with E-state index < -0.39 is 0 Å². The molecule has 0 aliphatic heterocycles. The van der Waals surface area contributed by atoms with E-state index in [1.54, 1.807) is 0 Å². The van der Waals surface area contributed by atoms with Gasteiger partial charge in [0, 0.05) is 33.1 Å². The Hall–Kier alpha value is -5.94. The molecule has 0 radical (unpaired) electrons. The van der Waals surface area contributed by atoms with E-state index in [2.05, 4.69) is 56.3 Å². The first-order chi connectivity index (χ1) is 22.5. The third-order valence-electron chi connectivity index (χ3n) is 9.15. The summed E-state index contributed by atoms with van der Waals surface area (Å²) in [7, 11) is 0. The van der Waals surface area contributed by atoms with Gasteiger partial charge >= 0.3 is 0 Å². The van der Waals surface area contributed by atoms with Crippen molar-refractivity contribution in [3.63, 3.8) is 0 Å². The van der Waals surface area contributed by atoms with Gasteiger partial charge in [-0.3, -0.25) is 0 Å². The van der Waals surface area contributed by atoms with Gasteiger partial charge in [-0.1, -0.05) is 123 Å². The predicted octanol–water partition coefficient (Wildman–Crippen LogP) is 10.1. The molecule has 6 aromatic carbocycles. The second kappa shape index (κ2) is 10.0. The Kier molecular flexibility index (Phi) is 5.78. The smallest absolute Gasteiger partial charge is 0.227 e. The van der Waals surface area contributed by atoms with Crippen LogP contribution in [0.25, 0.3) is 78.6 Å². The van der Waals surface area contributed by atoms with E-state index in [9.17, 15) is 0 Å². The van der Waals surface area contributed by atoms with Gasteiger partial charge in [0.1, 0.15) is 5.52 Å². The fraction of sp³-hybridized carbons (Fsp3) is 0.0732. The fourth-order valence-corrected chi connectivity index (χ4v) is 6.80. The predicted molar refractivity (Wildman–Crippen MR) is 184 cm³/mol. The van der Waals surface area contributed by atoms with Crippen LogP contribution >= 0.6 is 0 Å². The first-order valence-electron chi connectivity index (χ1n) is 15.5. The van der Waals surface area contributed by atoms with Gasteiger partial charge in [0.15, 0.2) is 23.1 Å². The van der Waals surface area contributed by atoms with Crippen molar-refractivity contribution >= 4 is 21.9 Å². The van der Waals surface area contributed by atoms with Gasteiger partial charge in [-0.2, -0.15) is 0 Å². The van der Waals surface area contributed by atoms with E-state index in [1.807, 2.05) is 91.0 Å². The number of nitrogens with zero attached hydrogens (tertiary/aromatic N) is 4. The van der Waals surface area contributed by atoms with Crippen molar-refractivity contribution in [2.24, 2.45) is 0 Å². The molecule has 0 N–H and O–H groups in total. The highest BCUT2D eigenvalue weighted by Gasteiger charge is 2.37. The molecule has 0 atom stereocenters. The number of rotatable bonds is 4. The van der Waals surface area contributed by atoms with Gasteiger partial charge in [0.2, 0.25) is 5.89 Å². The molecule has 0 fully saturated rings. The second-order valence-corrected chi connectivity index (χ2v) is 12.3. The molecule has 0 unspecified atom stereocenters. The molecule has 1 aliphatic rings. The van der Waals surface area contributed by atoms with Gasteiger partial charge in [0.25, 0.3) is 0 Å². The van der Waals surface area contributed by atoms with Crippen LogP contribution in [-0.2, 0) is 5.41 Å². The Morgan fingerprint density at radius 2 is 1.07 bits per heavy atom. The molecule has 0 saturated heterocycles. The van der Waals surface area contributed by atoms with Gasteiger partial charge < -0.3 is 4.42 Å². The monoisotopic (exact) mass is 592 g/mol. The molecule has 0 amide bonds. The molecule has 2 heterocycles. The lowest BCUT2D eigenvalue weighted by Gasteiger charge is -2.22. The molecule has 0 spiro atoms. The van der Waals surface area contributed by atoms with Crippen molar-refractivity contribution in [2.75, 3.05) is 0 Å². The van der Waals surface area contributed by atoms with Crippen LogP contribution in [0.5, 0.6) is 0 Å². The Bertz CT molecular complexity index is 2370. The SMILES string of the molecule is CC1(C)c2cc(-c3nc(-c4ccccc4)nc(-c4ccccc4)n3)ccc2-c2c1ccc1ccc3nc(-c4ccccc4)oc3c21. The van der Waals surface area contributed by atoms with Crippen LogP contribution in [0.2, 0.25) is 0 Å². The van der Waals surface area contributed by atoms with Crippen LogP contribution in [0.1, 0.15) is 25.0 Å². The number of oxazole rings is 1. The summed E-state index contributed by atoms with van der Waals surface area (Å²) in [5, 5.41) is 2.23. The summed E-state index contributed by atoms with van der Waals surface area (Å²) in [5.74, 6) is 2.59. The van der Waals surface area contributed by atoms with Crippen LogP contribution in [0.3, 0.4) is 0 Å². The average Bonchev–Trinajstić information content (AvgIpc) is 3.66. The van der Waals surface area contributed by atoms with Crippen molar-refractivity contribution in [3.8, 4) is 56.7 Å². The van der Waals surface area contributed by atoms with Crippen LogP contribution in [-0.4, -0.2) is 19.9 Å². The zero-order chi connectivity index (χ0) is 30.8. The Morgan fingerprint density at radius 3 is 1.70 bits per heavy atom. The molecule has 5 nitrogen and oxygen atoms in total. The van der Waals surface area contributed by atoms with E-state index in [0.29, 0.717) is 23.4 Å². The normalized spacial score (nSPS) is 13.2. The molecule has 2 aromatic heterocycles. The Morgan fingerprint density at radius 1 is 0.500 bits per heavy atom. The summed E-state index contributed by atoms with van der Waals surface area (Å²) >= 11 is 0. The lowest BCUT2D eigenvalue weighted by atomic mass is 9.81. The highest BCUT2D eigenvalue weighted by molar-refractivity contribution is 6.14. The van der Waals surface area contributed by atoms with Crippen LogP contribution in [0, 0.1) is 0 Å². The molecule has 1 aliphatic carbocycles. The maximum absolute atomic E-state index is 6.54. The van der Waals surface area contributed by atoms with E-state index in [1.165, 1.54) is 22.3 Å². The van der Waals surface area contributed by atoms with Crippen molar-refractivity contribution in [1.82, 2.24) is 19.9 Å². The van der Waals surface area contributed by atoms with E-state index in [0.717, 1.165) is 44.1 Å². The molecule has 5 heteroatoms. The molecule has 218 valence electrons. The third kappa shape index (κ3) is 4.09. The van der Waals surface area contributed by atoms with Crippen molar-refractivity contribution < 1.29 is 4.42 Å².